The van der Waals surface area contributed by atoms with E-state index in [9.17, 15) is 8.42 Å². The fraction of sp³-hybridized carbons (Fsp3) is 0.176. The molecule has 5 nitrogen and oxygen atoms in total. The number of benzene rings is 2. The second-order valence-corrected chi connectivity index (χ2v) is 6.62. The lowest BCUT2D eigenvalue weighted by molar-refractivity contribution is 0.398. The Balaban J connectivity index is 0.000000167. The standard InChI is InChI=1S/C9H8N2.C8H10O3S/c1-7-8-4-2-3-5-9(8)11-6-10-7;1-7-3-5-8(6-4-7)12(9,10)11-2/h2-6H,1H3;3-6H,1-2H3. The first-order valence-electron chi connectivity index (χ1n) is 6.97. The Morgan fingerprint density at radius 2 is 1.57 bits per heavy atom. The van der Waals surface area contributed by atoms with Gasteiger partial charge in [-0.3, -0.25) is 4.18 Å². The van der Waals surface area contributed by atoms with Crippen molar-refractivity contribution in [3.8, 4) is 0 Å². The zero-order valence-corrected chi connectivity index (χ0v) is 14.0. The van der Waals surface area contributed by atoms with Crippen LogP contribution in [0.1, 0.15) is 11.3 Å². The highest BCUT2D eigenvalue weighted by Crippen LogP contribution is 2.12. The van der Waals surface area contributed by atoms with Crippen LogP contribution < -0.4 is 0 Å². The Morgan fingerprint density at radius 1 is 0.913 bits per heavy atom. The van der Waals surface area contributed by atoms with Gasteiger partial charge >= 0.3 is 0 Å². The van der Waals surface area contributed by atoms with Crippen LogP contribution in [0.25, 0.3) is 10.9 Å². The first-order chi connectivity index (χ1) is 10.9. The van der Waals surface area contributed by atoms with Gasteiger partial charge < -0.3 is 0 Å². The van der Waals surface area contributed by atoms with E-state index in [2.05, 4.69) is 14.2 Å². The van der Waals surface area contributed by atoms with E-state index in [-0.39, 0.29) is 4.90 Å². The van der Waals surface area contributed by atoms with E-state index in [0.29, 0.717) is 0 Å². The molecular weight excluding hydrogens is 312 g/mol. The fourth-order valence-corrected chi connectivity index (χ4v) is 2.60. The third-order valence-corrected chi connectivity index (χ3v) is 4.56. The Bertz CT molecular complexity index is 886. The number of rotatable bonds is 2. The van der Waals surface area contributed by atoms with Crippen molar-refractivity contribution in [2.45, 2.75) is 18.7 Å². The zero-order valence-electron chi connectivity index (χ0n) is 13.2. The molecule has 0 saturated carbocycles. The normalized spacial score (nSPS) is 10.9. The molecule has 1 aromatic heterocycles. The molecular formula is C17H18N2O3S. The van der Waals surface area contributed by atoms with Gasteiger partial charge in [0, 0.05) is 11.1 Å². The van der Waals surface area contributed by atoms with Crippen molar-refractivity contribution in [1.29, 1.82) is 0 Å². The third-order valence-electron chi connectivity index (χ3n) is 3.27. The van der Waals surface area contributed by atoms with Crippen molar-refractivity contribution in [2.75, 3.05) is 7.11 Å². The highest BCUT2D eigenvalue weighted by molar-refractivity contribution is 7.86. The van der Waals surface area contributed by atoms with Gasteiger partial charge in [0.25, 0.3) is 10.1 Å². The number of aromatic nitrogens is 2. The predicted molar refractivity (Wildman–Crippen MR) is 89.6 cm³/mol. The fourth-order valence-electron chi connectivity index (χ4n) is 1.94. The molecule has 0 fully saturated rings. The van der Waals surface area contributed by atoms with Crippen LogP contribution in [-0.4, -0.2) is 25.5 Å². The van der Waals surface area contributed by atoms with Gasteiger partial charge in [-0.2, -0.15) is 8.42 Å². The molecule has 0 atom stereocenters. The van der Waals surface area contributed by atoms with Crippen LogP contribution in [0.4, 0.5) is 0 Å². The van der Waals surface area contributed by atoms with Crippen LogP contribution in [0.3, 0.4) is 0 Å². The van der Waals surface area contributed by atoms with E-state index < -0.39 is 10.1 Å². The van der Waals surface area contributed by atoms with Crippen LogP contribution in [-0.2, 0) is 14.3 Å². The van der Waals surface area contributed by atoms with Gasteiger partial charge in [0.15, 0.2) is 0 Å². The molecule has 6 heteroatoms. The van der Waals surface area contributed by atoms with Gasteiger partial charge in [0.05, 0.1) is 17.5 Å². The van der Waals surface area contributed by atoms with Crippen molar-refractivity contribution < 1.29 is 12.6 Å². The van der Waals surface area contributed by atoms with Crippen LogP contribution in [0, 0.1) is 13.8 Å². The number of para-hydroxylation sites is 1. The Morgan fingerprint density at radius 3 is 2.17 bits per heavy atom. The third kappa shape index (κ3) is 4.34. The van der Waals surface area contributed by atoms with Crippen LogP contribution in [0.5, 0.6) is 0 Å². The largest absolute Gasteiger partial charge is 0.296 e. The molecule has 120 valence electrons. The first-order valence-corrected chi connectivity index (χ1v) is 8.38. The lowest BCUT2D eigenvalue weighted by Gasteiger charge is -2.00. The summed E-state index contributed by atoms with van der Waals surface area (Å²) in [5.41, 5.74) is 3.07. The summed E-state index contributed by atoms with van der Waals surface area (Å²) in [4.78, 5) is 8.42. The van der Waals surface area contributed by atoms with Crippen molar-refractivity contribution in [3.63, 3.8) is 0 Å². The van der Waals surface area contributed by atoms with Crippen molar-refractivity contribution >= 4 is 21.0 Å². The van der Waals surface area contributed by atoms with E-state index in [1.165, 1.54) is 12.1 Å². The average molecular weight is 330 g/mol. The molecule has 0 amide bonds. The van der Waals surface area contributed by atoms with Gasteiger partial charge in [0.2, 0.25) is 0 Å². The molecule has 0 N–H and O–H groups in total. The van der Waals surface area contributed by atoms with E-state index in [0.717, 1.165) is 29.3 Å². The molecule has 0 aliphatic carbocycles. The summed E-state index contributed by atoms with van der Waals surface area (Å²) in [6.07, 6.45) is 1.59. The Hall–Kier alpha value is -2.31. The Kier molecular flexibility index (Phi) is 5.41. The molecule has 0 spiro atoms. The molecule has 2 aromatic carbocycles. The maximum Gasteiger partial charge on any atom is 0.296 e. The summed E-state index contributed by atoms with van der Waals surface area (Å²) in [5, 5.41) is 1.13. The topological polar surface area (TPSA) is 69.2 Å². The highest BCUT2D eigenvalue weighted by atomic mass is 32.2. The maximum absolute atomic E-state index is 11.1. The van der Waals surface area contributed by atoms with E-state index in [4.69, 9.17) is 0 Å². The summed E-state index contributed by atoms with van der Waals surface area (Å²) in [6, 6.07) is 14.5. The van der Waals surface area contributed by atoms with Crippen LogP contribution >= 0.6 is 0 Å². The van der Waals surface area contributed by atoms with Gasteiger partial charge in [-0.1, -0.05) is 35.9 Å². The summed E-state index contributed by atoms with van der Waals surface area (Å²) in [6.45, 7) is 3.88. The molecule has 1 heterocycles. The summed E-state index contributed by atoms with van der Waals surface area (Å²) < 4.78 is 26.5. The molecule has 3 rings (SSSR count). The number of fused-ring (bicyclic) bond motifs is 1. The van der Waals surface area contributed by atoms with Crippen molar-refractivity contribution in [3.05, 3.63) is 66.1 Å². The smallest absolute Gasteiger partial charge is 0.270 e. The van der Waals surface area contributed by atoms with Crippen molar-refractivity contribution in [2.24, 2.45) is 0 Å². The minimum atomic E-state index is -3.51. The van der Waals surface area contributed by atoms with Gasteiger partial charge in [-0.15, -0.1) is 0 Å². The Labute approximate surface area is 136 Å². The molecule has 0 aliphatic heterocycles. The van der Waals surface area contributed by atoms with Crippen molar-refractivity contribution in [1.82, 2.24) is 9.97 Å². The first kappa shape index (κ1) is 17.1. The minimum absolute atomic E-state index is 0.190. The summed E-state index contributed by atoms with van der Waals surface area (Å²) in [5.74, 6) is 0. The van der Waals surface area contributed by atoms with Gasteiger partial charge in [0.1, 0.15) is 6.33 Å². The predicted octanol–water partition coefficient (Wildman–Crippen LogP) is 3.27. The van der Waals surface area contributed by atoms with E-state index in [1.54, 1.807) is 18.5 Å². The number of aryl methyl sites for hydroxylation is 2. The monoisotopic (exact) mass is 330 g/mol. The molecule has 0 saturated heterocycles. The highest BCUT2D eigenvalue weighted by Gasteiger charge is 2.11. The number of hydrogen-bond donors (Lipinski definition) is 0. The lowest BCUT2D eigenvalue weighted by atomic mass is 10.2. The zero-order chi connectivity index (χ0) is 16.9. The number of nitrogens with zero attached hydrogens (tertiary/aromatic N) is 2. The maximum atomic E-state index is 11.1. The van der Waals surface area contributed by atoms with E-state index in [1.807, 2.05) is 38.1 Å². The van der Waals surface area contributed by atoms with Crippen LogP contribution in [0.2, 0.25) is 0 Å². The van der Waals surface area contributed by atoms with Crippen LogP contribution in [0.15, 0.2) is 59.8 Å². The average Bonchev–Trinajstić information content (AvgIpc) is 2.56. The molecule has 0 unspecified atom stereocenters. The molecule has 0 radical (unpaired) electrons. The van der Waals surface area contributed by atoms with E-state index >= 15 is 0 Å². The minimum Gasteiger partial charge on any atom is -0.270 e. The van der Waals surface area contributed by atoms with Gasteiger partial charge in [-0.05, 0) is 32.0 Å². The summed E-state index contributed by atoms with van der Waals surface area (Å²) >= 11 is 0. The molecule has 0 aliphatic rings. The SMILES string of the molecule is COS(=O)(=O)c1ccc(C)cc1.Cc1ncnc2ccccc12. The molecule has 3 aromatic rings. The molecule has 0 bridgehead atoms. The second kappa shape index (κ2) is 7.30. The second-order valence-electron chi connectivity index (χ2n) is 4.91. The quantitative estimate of drug-likeness (QED) is 0.675. The number of hydrogen-bond acceptors (Lipinski definition) is 5. The summed E-state index contributed by atoms with van der Waals surface area (Å²) in [7, 11) is -2.37. The van der Waals surface area contributed by atoms with Gasteiger partial charge in [-0.25, -0.2) is 9.97 Å². The molecule has 23 heavy (non-hydrogen) atoms. The lowest BCUT2D eigenvalue weighted by Crippen LogP contribution is -2.02.